The third-order valence-corrected chi connectivity index (χ3v) is 5.72. The van der Waals surface area contributed by atoms with Crippen LogP contribution in [0.5, 0.6) is 0 Å². The number of hydrogen-bond acceptors (Lipinski definition) is 3. The third kappa shape index (κ3) is 6.08. The summed E-state index contributed by atoms with van der Waals surface area (Å²) in [5.74, 6) is 1.46. The summed E-state index contributed by atoms with van der Waals surface area (Å²) < 4.78 is 2.18. The van der Waals surface area contributed by atoms with Crippen molar-refractivity contribution in [2.24, 2.45) is 10.9 Å². The quantitative estimate of drug-likeness (QED) is 0.388. The first-order chi connectivity index (χ1) is 12.7. The third-order valence-electron chi connectivity index (χ3n) is 5.72. The summed E-state index contributed by atoms with van der Waals surface area (Å²) in [6, 6.07) is 0.724. The van der Waals surface area contributed by atoms with Crippen molar-refractivity contribution in [3.05, 3.63) is 18.7 Å². The molecule has 0 bridgehead atoms. The van der Waals surface area contributed by atoms with Crippen molar-refractivity contribution < 1.29 is 4.79 Å². The average molecular weight is 488 g/mol. The number of imidazole rings is 1. The fraction of sp³-hybridized carbons (Fsp3) is 0.737. The number of amides is 1. The number of rotatable bonds is 4. The molecule has 152 valence electrons. The van der Waals surface area contributed by atoms with Crippen molar-refractivity contribution in [1.29, 1.82) is 0 Å². The van der Waals surface area contributed by atoms with E-state index in [1.54, 1.807) is 7.05 Å². The van der Waals surface area contributed by atoms with Crippen LogP contribution in [0.2, 0.25) is 0 Å². The Morgan fingerprint density at radius 1 is 1.26 bits per heavy atom. The van der Waals surface area contributed by atoms with Crippen molar-refractivity contribution in [3.8, 4) is 0 Å². The van der Waals surface area contributed by atoms with Gasteiger partial charge in [0, 0.05) is 38.6 Å². The number of aliphatic imine (C=N–C) groups is 1. The van der Waals surface area contributed by atoms with Crippen LogP contribution in [-0.2, 0) is 4.79 Å². The van der Waals surface area contributed by atoms with Gasteiger partial charge in [-0.05, 0) is 25.2 Å². The predicted octanol–water partition coefficient (Wildman–Crippen LogP) is 2.41. The van der Waals surface area contributed by atoms with E-state index >= 15 is 0 Å². The molecule has 2 N–H and O–H groups in total. The molecule has 0 spiro atoms. The molecule has 1 aromatic rings. The molecule has 2 aliphatic rings. The Morgan fingerprint density at radius 2 is 2.04 bits per heavy atom. The van der Waals surface area contributed by atoms with Crippen LogP contribution in [0.4, 0.5) is 0 Å². The zero-order chi connectivity index (χ0) is 18.4. The number of likely N-dealkylation sites (tertiary alicyclic amines) is 1. The van der Waals surface area contributed by atoms with E-state index in [2.05, 4.69) is 37.0 Å². The van der Waals surface area contributed by atoms with Crippen LogP contribution in [-0.4, -0.2) is 59.0 Å². The van der Waals surface area contributed by atoms with Crippen LogP contribution in [0.1, 0.15) is 51.5 Å². The Morgan fingerprint density at radius 3 is 2.70 bits per heavy atom. The van der Waals surface area contributed by atoms with Gasteiger partial charge in [-0.3, -0.25) is 9.79 Å². The van der Waals surface area contributed by atoms with E-state index in [0.717, 1.165) is 38.3 Å². The Labute approximate surface area is 179 Å². The highest BCUT2D eigenvalue weighted by atomic mass is 127. The Bertz CT molecular complexity index is 599. The van der Waals surface area contributed by atoms with Gasteiger partial charge in [0.2, 0.25) is 5.91 Å². The molecular weight excluding hydrogens is 455 g/mol. The van der Waals surface area contributed by atoms with E-state index in [0.29, 0.717) is 18.0 Å². The van der Waals surface area contributed by atoms with Gasteiger partial charge in [-0.15, -0.1) is 24.0 Å². The summed E-state index contributed by atoms with van der Waals surface area (Å²) >= 11 is 0. The summed E-state index contributed by atoms with van der Waals surface area (Å²) in [4.78, 5) is 23.1. The molecule has 1 aliphatic heterocycles. The van der Waals surface area contributed by atoms with Gasteiger partial charge in [-0.2, -0.15) is 0 Å². The minimum Gasteiger partial charge on any atom is -0.352 e. The number of piperidine rings is 1. The monoisotopic (exact) mass is 488 g/mol. The highest BCUT2D eigenvalue weighted by molar-refractivity contribution is 14.0. The van der Waals surface area contributed by atoms with Crippen LogP contribution < -0.4 is 10.6 Å². The zero-order valence-corrected chi connectivity index (χ0v) is 18.8. The molecule has 2 unspecified atom stereocenters. The lowest BCUT2D eigenvalue weighted by atomic mass is 9.93. The SMILES string of the molecule is CN=C(NCC(=O)NC1CCCCC1)N1CCC(C)C(n2ccnc2)C1.I. The smallest absolute Gasteiger partial charge is 0.239 e. The summed E-state index contributed by atoms with van der Waals surface area (Å²) in [6.07, 6.45) is 12.8. The van der Waals surface area contributed by atoms with Gasteiger partial charge in [0.25, 0.3) is 0 Å². The fourth-order valence-electron chi connectivity index (χ4n) is 4.11. The lowest BCUT2D eigenvalue weighted by molar-refractivity contribution is -0.120. The Kier molecular flexibility index (Phi) is 8.85. The van der Waals surface area contributed by atoms with Gasteiger partial charge in [0.1, 0.15) is 0 Å². The first-order valence-corrected chi connectivity index (χ1v) is 9.89. The van der Waals surface area contributed by atoms with Gasteiger partial charge in [-0.1, -0.05) is 26.2 Å². The van der Waals surface area contributed by atoms with Crippen LogP contribution in [0, 0.1) is 5.92 Å². The van der Waals surface area contributed by atoms with Gasteiger partial charge < -0.3 is 20.1 Å². The molecule has 0 aromatic carbocycles. The van der Waals surface area contributed by atoms with E-state index in [1.807, 2.05) is 18.7 Å². The maximum absolute atomic E-state index is 12.3. The molecule has 7 nitrogen and oxygen atoms in total. The molecule has 2 fully saturated rings. The van der Waals surface area contributed by atoms with E-state index < -0.39 is 0 Å². The number of hydrogen-bond donors (Lipinski definition) is 2. The second-order valence-electron chi connectivity index (χ2n) is 7.59. The van der Waals surface area contributed by atoms with Crippen LogP contribution in [0.3, 0.4) is 0 Å². The van der Waals surface area contributed by atoms with E-state index in [4.69, 9.17) is 0 Å². The predicted molar refractivity (Wildman–Crippen MR) is 118 cm³/mol. The zero-order valence-electron chi connectivity index (χ0n) is 16.4. The maximum Gasteiger partial charge on any atom is 0.239 e. The summed E-state index contributed by atoms with van der Waals surface area (Å²) in [5, 5.41) is 6.40. The number of carbonyl (C=O) groups is 1. The number of nitrogens with zero attached hydrogens (tertiary/aromatic N) is 4. The van der Waals surface area contributed by atoms with Gasteiger partial charge >= 0.3 is 0 Å². The van der Waals surface area contributed by atoms with Crippen molar-refractivity contribution in [2.75, 3.05) is 26.7 Å². The van der Waals surface area contributed by atoms with Gasteiger partial charge in [-0.25, -0.2) is 4.98 Å². The molecule has 1 aromatic heterocycles. The summed E-state index contributed by atoms with van der Waals surface area (Å²) in [6.45, 7) is 4.40. The fourth-order valence-corrected chi connectivity index (χ4v) is 4.11. The van der Waals surface area contributed by atoms with Crippen molar-refractivity contribution in [1.82, 2.24) is 25.1 Å². The molecule has 0 radical (unpaired) electrons. The Hall–Kier alpha value is -1.32. The molecule has 27 heavy (non-hydrogen) atoms. The maximum atomic E-state index is 12.3. The number of aromatic nitrogens is 2. The number of halogens is 1. The average Bonchev–Trinajstić information content (AvgIpc) is 3.18. The molecule has 8 heteroatoms. The first kappa shape index (κ1) is 22.0. The highest BCUT2D eigenvalue weighted by Crippen LogP contribution is 2.27. The van der Waals surface area contributed by atoms with E-state index in [9.17, 15) is 4.79 Å². The minimum absolute atomic E-state index is 0. The molecular formula is C19H33IN6O. The second kappa shape index (κ2) is 10.9. The lowest BCUT2D eigenvalue weighted by Crippen LogP contribution is -2.51. The van der Waals surface area contributed by atoms with Crippen LogP contribution >= 0.6 is 24.0 Å². The molecule has 1 amide bonds. The Balaban J connectivity index is 0.00000261. The van der Waals surface area contributed by atoms with Crippen LogP contribution in [0.25, 0.3) is 0 Å². The minimum atomic E-state index is 0. The van der Waals surface area contributed by atoms with Crippen molar-refractivity contribution in [3.63, 3.8) is 0 Å². The molecule has 1 saturated carbocycles. The van der Waals surface area contributed by atoms with Crippen LogP contribution in [0.15, 0.2) is 23.7 Å². The first-order valence-electron chi connectivity index (χ1n) is 9.89. The molecule has 1 aliphatic carbocycles. The molecule has 1 saturated heterocycles. The topological polar surface area (TPSA) is 74.6 Å². The standard InChI is InChI=1S/C19H32N6O.HI/c1-15-8-10-24(13-17(15)25-11-9-21-14-25)19(20-2)22-12-18(26)23-16-6-4-3-5-7-16;/h9,11,14-17H,3-8,10,12-13H2,1-2H3,(H,20,22)(H,23,26);1H. The van der Waals surface area contributed by atoms with Gasteiger partial charge in [0.15, 0.2) is 5.96 Å². The highest BCUT2D eigenvalue weighted by Gasteiger charge is 2.29. The molecule has 2 heterocycles. The number of guanidine groups is 1. The number of nitrogens with one attached hydrogen (secondary N) is 2. The lowest BCUT2D eigenvalue weighted by Gasteiger charge is -2.39. The summed E-state index contributed by atoms with van der Waals surface area (Å²) in [7, 11) is 1.78. The van der Waals surface area contributed by atoms with Crippen molar-refractivity contribution in [2.45, 2.75) is 57.5 Å². The normalized spacial score (nSPS) is 24.2. The van der Waals surface area contributed by atoms with E-state index in [1.165, 1.54) is 19.3 Å². The molecule has 2 atom stereocenters. The molecule has 3 rings (SSSR count). The second-order valence-corrected chi connectivity index (χ2v) is 7.59. The van der Waals surface area contributed by atoms with E-state index in [-0.39, 0.29) is 36.4 Å². The number of carbonyl (C=O) groups excluding carboxylic acids is 1. The summed E-state index contributed by atoms with van der Waals surface area (Å²) in [5.41, 5.74) is 0. The van der Waals surface area contributed by atoms with Crippen molar-refractivity contribution >= 4 is 35.8 Å². The van der Waals surface area contributed by atoms with Gasteiger partial charge in [0.05, 0.1) is 18.9 Å². The largest absolute Gasteiger partial charge is 0.352 e.